The molecule has 0 rings (SSSR count). The largest absolute Gasteiger partial charge is 0.471 e. The van der Waals surface area contributed by atoms with E-state index in [2.05, 4.69) is 10.1 Å². The number of hydrogen-bond donors (Lipinski definition) is 3. The molecular formula is C10H14F3N3O5. The van der Waals surface area contributed by atoms with Crippen LogP contribution >= 0.6 is 0 Å². The summed E-state index contributed by atoms with van der Waals surface area (Å²) in [5.41, 5.74) is 0. The molecule has 0 aromatic heterocycles. The van der Waals surface area contributed by atoms with Gasteiger partial charge in [0.25, 0.3) is 0 Å². The van der Waals surface area contributed by atoms with Crippen LogP contribution in [0.2, 0.25) is 0 Å². The predicted octanol–water partition coefficient (Wildman–Crippen LogP) is -1.54. The first-order valence-corrected chi connectivity index (χ1v) is 5.70. The third kappa shape index (κ3) is 9.24. The summed E-state index contributed by atoms with van der Waals surface area (Å²) in [6.07, 6.45) is -5.09. The van der Waals surface area contributed by atoms with Crippen LogP contribution in [0.4, 0.5) is 13.2 Å². The van der Waals surface area contributed by atoms with E-state index >= 15 is 0 Å². The van der Waals surface area contributed by atoms with Gasteiger partial charge in [-0.3, -0.25) is 19.2 Å². The fraction of sp³-hybridized carbons (Fsp3) is 0.600. The smallest absolute Gasteiger partial charge is 0.465 e. The third-order valence-corrected chi connectivity index (χ3v) is 1.85. The molecule has 0 saturated heterocycles. The minimum absolute atomic E-state index is 0.143. The molecule has 11 heteroatoms. The van der Waals surface area contributed by atoms with Gasteiger partial charge in [0.2, 0.25) is 11.8 Å². The Kier molecular flexibility index (Phi) is 7.79. The zero-order chi connectivity index (χ0) is 16.5. The van der Waals surface area contributed by atoms with Crippen LogP contribution in [0.1, 0.15) is 6.92 Å². The second kappa shape index (κ2) is 8.76. The molecule has 0 fully saturated rings. The van der Waals surface area contributed by atoms with Crippen molar-refractivity contribution in [2.45, 2.75) is 13.1 Å². The fourth-order valence-corrected chi connectivity index (χ4v) is 0.947. The second-order valence-electron chi connectivity index (χ2n) is 3.54. The Morgan fingerprint density at radius 2 is 1.38 bits per heavy atom. The predicted molar refractivity (Wildman–Crippen MR) is 61.7 cm³/mol. The highest BCUT2D eigenvalue weighted by Gasteiger charge is 2.38. The Morgan fingerprint density at radius 1 is 0.905 bits per heavy atom. The quantitative estimate of drug-likeness (QED) is 0.493. The number of carbonyl (C=O) groups excluding carboxylic acids is 4. The lowest BCUT2D eigenvalue weighted by Gasteiger charge is -2.09. The number of ether oxygens (including phenoxy) is 1. The molecule has 0 aromatic carbocycles. The molecular weight excluding hydrogens is 299 g/mol. The van der Waals surface area contributed by atoms with E-state index in [4.69, 9.17) is 0 Å². The lowest BCUT2D eigenvalue weighted by Crippen LogP contribution is -2.45. The number of carbonyl (C=O) groups is 4. The Labute approximate surface area is 117 Å². The van der Waals surface area contributed by atoms with Crippen molar-refractivity contribution in [1.29, 1.82) is 0 Å². The number of rotatable bonds is 7. The first-order valence-electron chi connectivity index (χ1n) is 5.70. The maximum atomic E-state index is 11.8. The molecule has 0 saturated carbocycles. The molecule has 0 radical (unpaired) electrons. The number of nitrogens with one attached hydrogen (secondary N) is 3. The third-order valence-electron chi connectivity index (χ3n) is 1.85. The average molecular weight is 313 g/mol. The molecule has 0 aromatic rings. The van der Waals surface area contributed by atoms with Gasteiger partial charge in [0.15, 0.2) is 0 Å². The number of hydrogen-bond acceptors (Lipinski definition) is 5. The van der Waals surface area contributed by atoms with Gasteiger partial charge in [-0.25, -0.2) is 0 Å². The molecule has 0 aliphatic carbocycles. The first-order chi connectivity index (χ1) is 9.66. The maximum Gasteiger partial charge on any atom is 0.471 e. The van der Waals surface area contributed by atoms with Crippen LogP contribution in [-0.4, -0.2) is 56.1 Å². The molecule has 8 nitrogen and oxygen atoms in total. The summed E-state index contributed by atoms with van der Waals surface area (Å²) in [5, 5.41) is 5.41. The SMILES string of the molecule is CCOC(=O)CNC(=O)CNC(=O)CNC(=O)C(F)(F)F. The van der Waals surface area contributed by atoms with Crippen molar-refractivity contribution in [2.75, 3.05) is 26.2 Å². The van der Waals surface area contributed by atoms with Gasteiger partial charge >= 0.3 is 18.1 Å². The zero-order valence-electron chi connectivity index (χ0n) is 11.0. The molecule has 0 unspecified atom stereocenters. The van der Waals surface area contributed by atoms with E-state index in [1.165, 1.54) is 5.32 Å². The topological polar surface area (TPSA) is 114 Å². The van der Waals surface area contributed by atoms with Crippen molar-refractivity contribution < 1.29 is 37.1 Å². The van der Waals surface area contributed by atoms with E-state index in [-0.39, 0.29) is 6.61 Å². The number of esters is 1. The Morgan fingerprint density at radius 3 is 1.86 bits per heavy atom. The Hall–Kier alpha value is -2.33. The lowest BCUT2D eigenvalue weighted by molar-refractivity contribution is -0.173. The highest BCUT2D eigenvalue weighted by Crippen LogP contribution is 2.13. The van der Waals surface area contributed by atoms with E-state index in [0.29, 0.717) is 0 Å². The van der Waals surface area contributed by atoms with E-state index in [1.807, 2.05) is 5.32 Å². The Balaban J connectivity index is 3.85. The van der Waals surface area contributed by atoms with Gasteiger partial charge in [-0.15, -0.1) is 0 Å². The van der Waals surface area contributed by atoms with Gasteiger partial charge in [-0.1, -0.05) is 0 Å². The Bertz CT molecular complexity index is 411. The van der Waals surface area contributed by atoms with Crippen LogP contribution in [0.3, 0.4) is 0 Å². The first kappa shape index (κ1) is 18.7. The molecule has 120 valence electrons. The van der Waals surface area contributed by atoms with Gasteiger partial charge < -0.3 is 20.7 Å². The van der Waals surface area contributed by atoms with Gasteiger partial charge in [-0.05, 0) is 6.92 Å². The fourth-order valence-electron chi connectivity index (χ4n) is 0.947. The van der Waals surface area contributed by atoms with Crippen LogP contribution in [0.15, 0.2) is 0 Å². The van der Waals surface area contributed by atoms with Crippen molar-refractivity contribution in [3.63, 3.8) is 0 Å². The number of halogens is 3. The van der Waals surface area contributed by atoms with Crippen molar-refractivity contribution in [1.82, 2.24) is 16.0 Å². The van der Waals surface area contributed by atoms with Gasteiger partial charge in [0.1, 0.15) is 6.54 Å². The normalized spacial score (nSPS) is 10.5. The van der Waals surface area contributed by atoms with Gasteiger partial charge in [0.05, 0.1) is 19.7 Å². The summed E-state index contributed by atoms with van der Waals surface area (Å²) < 4.78 is 39.9. The van der Waals surface area contributed by atoms with Crippen molar-refractivity contribution in [2.24, 2.45) is 0 Å². The molecule has 3 amide bonds. The maximum absolute atomic E-state index is 11.8. The second-order valence-corrected chi connectivity index (χ2v) is 3.54. The average Bonchev–Trinajstić information content (AvgIpc) is 2.39. The van der Waals surface area contributed by atoms with Crippen LogP contribution in [0, 0.1) is 0 Å². The molecule has 0 aliphatic rings. The van der Waals surface area contributed by atoms with Crippen molar-refractivity contribution in [3.8, 4) is 0 Å². The van der Waals surface area contributed by atoms with Crippen LogP contribution in [0.25, 0.3) is 0 Å². The van der Waals surface area contributed by atoms with E-state index in [9.17, 15) is 32.3 Å². The van der Waals surface area contributed by atoms with E-state index in [1.54, 1.807) is 6.92 Å². The van der Waals surface area contributed by atoms with Crippen molar-refractivity contribution in [3.05, 3.63) is 0 Å². The summed E-state index contributed by atoms with van der Waals surface area (Å²) in [5.74, 6) is -4.66. The van der Waals surface area contributed by atoms with Crippen molar-refractivity contribution >= 4 is 23.7 Å². The monoisotopic (exact) mass is 313 g/mol. The minimum Gasteiger partial charge on any atom is -0.465 e. The molecule has 0 spiro atoms. The van der Waals surface area contributed by atoms with E-state index in [0.717, 1.165) is 0 Å². The highest BCUT2D eigenvalue weighted by molar-refractivity contribution is 5.90. The minimum atomic E-state index is -5.09. The van der Waals surface area contributed by atoms with Crippen LogP contribution in [0.5, 0.6) is 0 Å². The molecule has 3 N–H and O–H groups in total. The summed E-state index contributed by atoms with van der Waals surface area (Å²) in [7, 11) is 0. The number of amides is 3. The molecule has 0 aliphatic heterocycles. The summed E-state index contributed by atoms with van der Waals surface area (Å²) >= 11 is 0. The zero-order valence-corrected chi connectivity index (χ0v) is 11.0. The van der Waals surface area contributed by atoms with Gasteiger partial charge in [0, 0.05) is 0 Å². The number of alkyl halides is 3. The molecule has 21 heavy (non-hydrogen) atoms. The van der Waals surface area contributed by atoms with E-state index < -0.39 is 49.5 Å². The van der Waals surface area contributed by atoms with Crippen LogP contribution in [-0.2, 0) is 23.9 Å². The molecule has 0 bridgehead atoms. The molecule has 0 heterocycles. The summed E-state index contributed by atoms with van der Waals surface area (Å²) in [6.45, 7) is -0.156. The standard InChI is InChI=1S/C10H14F3N3O5/c1-2-21-8(19)5-15-6(17)3-14-7(18)4-16-9(20)10(11,12)13/h2-5H2,1H3,(H,14,18)(H,15,17)(H,16,20). The summed E-state index contributed by atoms with van der Waals surface area (Å²) in [4.78, 5) is 43.5. The van der Waals surface area contributed by atoms with Crippen LogP contribution < -0.4 is 16.0 Å². The summed E-state index contributed by atoms with van der Waals surface area (Å²) in [6, 6.07) is 0. The lowest BCUT2D eigenvalue weighted by atomic mass is 10.4. The highest BCUT2D eigenvalue weighted by atomic mass is 19.4. The molecule has 0 atom stereocenters. The van der Waals surface area contributed by atoms with Gasteiger partial charge in [-0.2, -0.15) is 13.2 Å².